The van der Waals surface area contributed by atoms with E-state index in [-0.39, 0.29) is 5.91 Å². The number of anilines is 1. The minimum absolute atomic E-state index is 0.147. The van der Waals surface area contributed by atoms with Gasteiger partial charge in [-0.15, -0.1) is 0 Å². The Kier molecular flexibility index (Phi) is 5.45. The molecule has 0 fully saturated rings. The second kappa shape index (κ2) is 7.32. The molecule has 1 unspecified atom stereocenters. The minimum Gasteiger partial charge on any atom is -0.481 e. The molecule has 3 nitrogen and oxygen atoms in total. The number of halogens is 1. The van der Waals surface area contributed by atoms with Gasteiger partial charge in [0.1, 0.15) is 5.75 Å². The number of aryl methyl sites for hydroxylation is 2. The van der Waals surface area contributed by atoms with E-state index >= 15 is 0 Å². The Hall–Kier alpha value is -2.00. The molecule has 116 valence electrons. The second-order valence-electron chi connectivity index (χ2n) is 5.28. The van der Waals surface area contributed by atoms with Crippen LogP contribution in [0.4, 0.5) is 5.69 Å². The SMILES string of the molecule is CCC(Oc1ccc(Cl)cc1)C(=O)Nc1cc(C)ccc1C. The van der Waals surface area contributed by atoms with Crippen molar-refractivity contribution in [2.75, 3.05) is 5.32 Å². The summed E-state index contributed by atoms with van der Waals surface area (Å²) < 4.78 is 5.75. The number of carbonyl (C=O) groups excluding carboxylic acids is 1. The van der Waals surface area contributed by atoms with E-state index in [1.54, 1.807) is 24.3 Å². The Bertz CT molecular complexity index is 653. The third-order valence-corrected chi connectivity index (χ3v) is 3.66. The molecule has 2 rings (SSSR count). The van der Waals surface area contributed by atoms with Crippen LogP contribution in [0.3, 0.4) is 0 Å². The summed E-state index contributed by atoms with van der Waals surface area (Å²) >= 11 is 5.85. The standard InChI is InChI=1S/C18H20ClNO2/c1-4-17(22-15-9-7-14(19)8-10-15)18(21)20-16-11-12(2)5-6-13(16)3/h5-11,17H,4H2,1-3H3,(H,20,21). The lowest BCUT2D eigenvalue weighted by Gasteiger charge is -2.18. The summed E-state index contributed by atoms with van der Waals surface area (Å²) in [6.45, 7) is 5.88. The molecular weight excluding hydrogens is 298 g/mol. The molecule has 0 bridgehead atoms. The summed E-state index contributed by atoms with van der Waals surface area (Å²) in [6.07, 6.45) is 0.0420. The number of ether oxygens (including phenoxy) is 1. The molecular formula is C18H20ClNO2. The normalized spacial score (nSPS) is 11.8. The Morgan fingerprint density at radius 2 is 1.86 bits per heavy atom. The molecule has 1 amide bonds. The Labute approximate surface area is 136 Å². The first-order valence-electron chi connectivity index (χ1n) is 7.30. The largest absolute Gasteiger partial charge is 0.481 e. The van der Waals surface area contributed by atoms with Gasteiger partial charge in [-0.25, -0.2) is 0 Å². The van der Waals surface area contributed by atoms with Crippen molar-refractivity contribution in [2.24, 2.45) is 0 Å². The van der Waals surface area contributed by atoms with E-state index in [1.807, 2.05) is 39.0 Å². The molecule has 0 aliphatic rings. The molecule has 0 aromatic heterocycles. The molecule has 1 atom stereocenters. The van der Waals surface area contributed by atoms with Crippen LogP contribution < -0.4 is 10.1 Å². The first-order valence-corrected chi connectivity index (χ1v) is 7.67. The maximum atomic E-state index is 12.4. The van der Waals surface area contributed by atoms with E-state index in [0.29, 0.717) is 17.2 Å². The van der Waals surface area contributed by atoms with Gasteiger partial charge in [-0.3, -0.25) is 4.79 Å². The average molecular weight is 318 g/mol. The highest BCUT2D eigenvalue weighted by atomic mass is 35.5. The van der Waals surface area contributed by atoms with Crippen LogP contribution in [-0.4, -0.2) is 12.0 Å². The van der Waals surface area contributed by atoms with Gasteiger partial charge in [-0.2, -0.15) is 0 Å². The summed E-state index contributed by atoms with van der Waals surface area (Å²) in [5, 5.41) is 3.58. The highest BCUT2D eigenvalue weighted by molar-refractivity contribution is 6.30. The van der Waals surface area contributed by atoms with Crippen LogP contribution in [-0.2, 0) is 4.79 Å². The van der Waals surface area contributed by atoms with Gasteiger partial charge < -0.3 is 10.1 Å². The summed E-state index contributed by atoms with van der Waals surface area (Å²) in [5.74, 6) is 0.485. The monoisotopic (exact) mass is 317 g/mol. The summed E-state index contributed by atoms with van der Waals surface area (Å²) in [4.78, 5) is 12.4. The third-order valence-electron chi connectivity index (χ3n) is 3.41. The van der Waals surface area contributed by atoms with Crippen molar-refractivity contribution in [3.05, 3.63) is 58.6 Å². The molecule has 0 spiro atoms. The fourth-order valence-electron chi connectivity index (χ4n) is 2.08. The van der Waals surface area contributed by atoms with E-state index in [0.717, 1.165) is 16.8 Å². The molecule has 2 aromatic rings. The topological polar surface area (TPSA) is 38.3 Å². The van der Waals surface area contributed by atoms with Crippen LogP contribution >= 0.6 is 11.6 Å². The van der Waals surface area contributed by atoms with Crippen LogP contribution in [0.25, 0.3) is 0 Å². The van der Waals surface area contributed by atoms with Gasteiger partial charge >= 0.3 is 0 Å². The van der Waals surface area contributed by atoms with Gasteiger partial charge in [0.2, 0.25) is 0 Å². The van der Waals surface area contributed by atoms with Crippen LogP contribution in [0.5, 0.6) is 5.75 Å². The van der Waals surface area contributed by atoms with Gasteiger partial charge in [0, 0.05) is 10.7 Å². The van der Waals surface area contributed by atoms with E-state index in [1.165, 1.54) is 0 Å². The van der Waals surface area contributed by atoms with E-state index < -0.39 is 6.10 Å². The Morgan fingerprint density at radius 3 is 2.50 bits per heavy atom. The Balaban J connectivity index is 2.08. The minimum atomic E-state index is -0.541. The van der Waals surface area contributed by atoms with Gasteiger partial charge in [0.25, 0.3) is 5.91 Å². The van der Waals surface area contributed by atoms with Crippen molar-refractivity contribution in [1.29, 1.82) is 0 Å². The lowest BCUT2D eigenvalue weighted by molar-refractivity contribution is -0.122. The summed E-state index contributed by atoms with van der Waals surface area (Å²) in [5.41, 5.74) is 2.95. The van der Waals surface area contributed by atoms with Gasteiger partial charge in [-0.1, -0.05) is 30.7 Å². The number of rotatable bonds is 5. The average Bonchev–Trinajstić information content (AvgIpc) is 2.50. The predicted octanol–water partition coefficient (Wildman–Crippen LogP) is 4.75. The molecule has 0 saturated heterocycles. The zero-order valence-corrected chi connectivity index (χ0v) is 13.8. The van der Waals surface area contributed by atoms with Gasteiger partial charge in [-0.05, 0) is 61.7 Å². The molecule has 2 aromatic carbocycles. The van der Waals surface area contributed by atoms with E-state index in [4.69, 9.17) is 16.3 Å². The molecule has 22 heavy (non-hydrogen) atoms. The van der Waals surface area contributed by atoms with E-state index in [9.17, 15) is 4.79 Å². The molecule has 0 heterocycles. The lowest BCUT2D eigenvalue weighted by Crippen LogP contribution is -2.32. The van der Waals surface area contributed by atoms with Gasteiger partial charge in [0.15, 0.2) is 6.10 Å². The van der Waals surface area contributed by atoms with Crippen LogP contribution in [0.1, 0.15) is 24.5 Å². The third kappa shape index (κ3) is 4.25. The summed E-state index contributed by atoms with van der Waals surface area (Å²) in [7, 11) is 0. The van der Waals surface area contributed by atoms with E-state index in [2.05, 4.69) is 5.32 Å². The molecule has 0 aliphatic heterocycles. The Morgan fingerprint density at radius 1 is 1.18 bits per heavy atom. The number of hydrogen-bond donors (Lipinski definition) is 1. The second-order valence-corrected chi connectivity index (χ2v) is 5.71. The highest BCUT2D eigenvalue weighted by Gasteiger charge is 2.19. The lowest BCUT2D eigenvalue weighted by atomic mass is 10.1. The molecule has 0 saturated carbocycles. The zero-order valence-electron chi connectivity index (χ0n) is 13.0. The van der Waals surface area contributed by atoms with Crippen molar-refractivity contribution in [3.63, 3.8) is 0 Å². The summed E-state index contributed by atoms with van der Waals surface area (Å²) in [6, 6.07) is 13.0. The smallest absolute Gasteiger partial charge is 0.265 e. The first-order chi connectivity index (χ1) is 10.5. The zero-order chi connectivity index (χ0) is 16.1. The fourth-order valence-corrected chi connectivity index (χ4v) is 2.21. The first kappa shape index (κ1) is 16.4. The maximum absolute atomic E-state index is 12.4. The van der Waals surface area contributed by atoms with Crippen molar-refractivity contribution in [1.82, 2.24) is 0 Å². The molecule has 4 heteroatoms. The van der Waals surface area contributed by atoms with Gasteiger partial charge in [0.05, 0.1) is 0 Å². The fraction of sp³-hybridized carbons (Fsp3) is 0.278. The van der Waals surface area contributed by atoms with Crippen molar-refractivity contribution in [2.45, 2.75) is 33.3 Å². The highest BCUT2D eigenvalue weighted by Crippen LogP contribution is 2.20. The molecule has 0 aliphatic carbocycles. The number of carbonyl (C=O) groups is 1. The van der Waals surface area contributed by atoms with Crippen molar-refractivity contribution in [3.8, 4) is 5.75 Å². The molecule has 1 N–H and O–H groups in total. The van der Waals surface area contributed by atoms with Crippen LogP contribution in [0, 0.1) is 13.8 Å². The number of nitrogens with one attached hydrogen (secondary N) is 1. The van der Waals surface area contributed by atoms with Crippen molar-refractivity contribution < 1.29 is 9.53 Å². The van der Waals surface area contributed by atoms with Crippen molar-refractivity contribution >= 4 is 23.2 Å². The van der Waals surface area contributed by atoms with Crippen LogP contribution in [0.15, 0.2) is 42.5 Å². The number of benzene rings is 2. The maximum Gasteiger partial charge on any atom is 0.265 e. The number of amides is 1. The predicted molar refractivity (Wildman–Crippen MR) is 90.7 cm³/mol. The number of hydrogen-bond acceptors (Lipinski definition) is 2. The quantitative estimate of drug-likeness (QED) is 0.864. The van der Waals surface area contributed by atoms with Crippen LogP contribution in [0.2, 0.25) is 5.02 Å². The molecule has 0 radical (unpaired) electrons.